The molecule has 5 rings (SSSR count). The molecule has 3 aromatic heterocycles. The molecule has 4 aromatic rings. The molecule has 1 saturated heterocycles. The van der Waals surface area contributed by atoms with E-state index in [2.05, 4.69) is 56.6 Å². The highest BCUT2D eigenvalue weighted by Crippen LogP contribution is 2.29. The highest BCUT2D eigenvalue weighted by molar-refractivity contribution is 5.92. The molecule has 0 unspecified atom stereocenters. The van der Waals surface area contributed by atoms with Gasteiger partial charge < -0.3 is 19.3 Å². The van der Waals surface area contributed by atoms with Crippen LogP contribution in [0.2, 0.25) is 0 Å². The second kappa shape index (κ2) is 9.10. The van der Waals surface area contributed by atoms with E-state index in [1.54, 1.807) is 0 Å². The summed E-state index contributed by atoms with van der Waals surface area (Å²) in [5, 5.41) is 0. The lowest BCUT2D eigenvalue weighted by atomic mass is 10.1. The average molecular weight is 433 g/mol. The first kappa shape index (κ1) is 20.7. The molecule has 166 valence electrons. The SMILES string of the molecule is CN(C)CCCOc1ccc(-c2cnc3nc4cccc(N5CCOCC5)c4n3c2)cn1. The molecule has 32 heavy (non-hydrogen) atoms. The Kier molecular flexibility index (Phi) is 5.87. The minimum absolute atomic E-state index is 0.643. The van der Waals surface area contributed by atoms with Gasteiger partial charge in [0.1, 0.15) is 0 Å². The number of para-hydroxylation sites is 1. The number of ether oxygens (including phenoxy) is 2. The molecule has 0 spiro atoms. The first-order valence-corrected chi connectivity index (χ1v) is 11.0. The fourth-order valence-corrected chi connectivity index (χ4v) is 4.03. The number of hydrogen-bond acceptors (Lipinski definition) is 7. The summed E-state index contributed by atoms with van der Waals surface area (Å²) in [4.78, 5) is 18.3. The molecule has 0 saturated carbocycles. The van der Waals surface area contributed by atoms with Gasteiger partial charge in [0, 0.05) is 55.4 Å². The van der Waals surface area contributed by atoms with Crippen molar-refractivity contribution in [1.82, 2.24) is 24.3 Å². The van der Waals surface area contributed by atoms with Crippen LogP contribution in [0.25, 0.3) is 27.9 Å². The van der Waals surface area contributed by atoms with E-state index < -0.39 is 0 Å². The molecule has 4 heterocycles. The Labute approximate surface area is 187 Å². The van der Waals surface area contributed by atoms with Crippen LogP contribution in [0.4, 0.5) is 5.69 Å². The van der Waals surface area contributed by atoms with E-state index in [9.17, 15) is 0 Å². The van der Waals surface area contributed by atoms with E-state index in [1.165, 1.54) is 0 Å². The number of benzene rings is 1. The number of anilines is 1. The van der Waals surface area contributed by atoms with Gasteiger partial charge in [0.25, 0.3) is 0 Å². The molecular weight excluding hydrogens is 404 g/mol. The minimum atomic E-state index is 0.643. The van der Waals surface area contributed by atoms with Gasteiger partial charge in [-0.3, -0.25) is 4.40 Å². The summed E-state index contributed by atoms with van der Waals surface area (Å²) in [6.07, 6.45) is 6.75. The number of rotatable bonds is 7. The molecule has 1 fully saturated rings. The summed E-state index contributed by atoms with van der Waals surface area (Å²) in [6, 6.07) is 10.2. The van der Waals surface area contributed by atoms with Crippen molar-refractivity contribution in [2.24, 2.45) is 0 Å². The smallest absolute Gasteiger partial charge is 0.234 e. The third-order valence-corrected chi connectivity index (χ3v) is 5.68. The van der Waals surface area contributed by atoms with Crippen LogP contribution in [0.3, 0.4) is 0 Å². The standard InChI is InChI=1S/C24H28N6O2/c1-28(2)9-4-12-32-22-8-7-18(15-25-22)19-16-26-24-27-20-5-3-6-21(23(20)30(24)17-19)29-10-13-31-14-11-29/h3,5-8,15-17H,4,9-14H2,1-2H3. The maximum Gasteiger partial charge on any atom is 0.234 e. The van der Waals surface area contributed by atoms with Crippen molar-refractivity contribution in [3.05, 3.63) is 48.9 Å². The van der Waals surface area contributed by atoms with Gasteiger partial charge in [-0.2, -0.15) is 0 Å². The summed E-state index contributed by atoms with van der Waals surface area (Å²) in [7, 11) is 4.12. The Hall–Kier alpha value is -3.23. The lowest BCUT2D eigenvalue weighted by molar-refractivity contribution is 0.123. The lowest BCUT2D eigenvalue weighted by Gasteiger charge is -2.29. The first-order chi connectivity index (χ1) is 15.7. The Morgan fingerprint density at radius 3 is 2.66 bits per heavy atom. The average Bonchev–Trinajstić information content (AvgIpc) is 3.21. The number of fused-ring (bicyclic) bond motifs is 3. The molecule has 0 atom stereocenters. The predicted molar refractivity (Wildman–Crippen MR) is 125 cm³/mol. The van der Waals surface area contributed by atoms with E-state index >= 15 is 0 Å². The molecule has 8 nitrogen and oxygen atoms in total. The van der Waals surface area contributed by atoms with Gasteiger partial charge in [0.2, 0.25) is 11.7 Å². The van der Waals surface area contributed by atoms with Crippen molar-refractivity contribution in [2.75, 3.05) is 58.5 Å². The summed E-state index contributed by atoms with van der Waals surface area (Å²) >= 11 is 0. The van der Waals surface area contributed by atoms with Crippen molar-refractivity contribution in [1.29, 1.82) is 0 Å². The predicted octanol–water partition coefficient (Wildman–Crippen LogP) is 3.11. The summed E-state index contributed by atoms with van der Waals surface area (Å²) in [5.41, 5.74) is 5.16. The van der Waals surface area contributed by atoms with Crippen LogP contribution in [0.5, 0.6) is 5.88 Å². The van der Waals surface area contributed by atoms with Crippen molar-refractivity contribution in [3.63, 3.8) is 0 Å². The van der Waals surface area contributed by atoms with Crippen LogP contribution in [-0.2, 0) is 4.74 Å². The maximum atomic E-state index is 5.76. The third-order valence-electron chi connectivity index (χ3n) is 5.68. The number of imidazole rings is 1. The monoisotopic (exact) mass is 432 g/mol. The van der Waals surface area contributed by atoms with Gasteiger partial charge in [0.05, 0.1) is 36.5 Å². The molecule has 0 radical (unpaired) electrons. The zero-order valence-electron chi connectivity index (χ0n) is 18.6. The Morgan fingerprint density at radius 1 is 1.03 bits per heavy atom. The van der Waals surface area contributed by atoms with Crippen LogP contribution in [0.15, 0.2) is 48.9 Å². The van der Waals surface area contributed by atoms with E-state index in [0.717, 1.165) is 67.1 Å². The lowest BCUT2D eigenvalue weighted by Crippen LogP contribution is -2.36. The van der Waals surface area contributed by atoms with E-state index in [-0.39, 0.29) is 0 Å². The summed E-state index contributed by atoms with van der Waals surface area (Å²) in [6.45, 7) is 4.88. The molecular formula is C24H28N6O2. The van der Waals surface area contributed by atoms with Crippen molar-refractivity contribution in [3.8, 4) is 17.0 Å². The molecule has 0 aliphatic carbocycles. The Balaban J connectivity index is 1.43. The second-order valence-electron chi connectivity index (χ2n) is 8.26. The zero-order chi connectivity index (χ0) is 21.9. The van der Waals surface area contributed by atoms with Crippen LogP contribution in [0, 0.1) is 0 Å². The summed E-state index contributed by atoms with van der Waals surface area (Å²) < 4.78 is 13.4. The first-order valence-electron chi connectivity index (χ1n) is 11.0. The van der Waals surface area contributed by atoms with Crippen molar-refractivity contribution < 1.29 is 9.47 Å². The van der Waals surface area contributed by atoms with Gasteiger partial charge in [-0.15, -0.1) is 0 Å². The Bertz CT molecular complexity index is 1200. The van der Waals surface area contributed by atoms with Crippen LogP contribution in [-0.4, -0.2) is 77.8 Å². The number of nitrogens with zero attached hydrogens (tertiary/aromatic N) is 6. The van der Waals surface area contributed by atoms with E-state index in [1.807, 2.05) is 30.6 Å². The van der Waals surface area contributed by atoms with E-state index in [4.69, 9.17) is 14.5 Å². The third kappa shape index (κ3) is 4.24. The van der Waals surface area contributed by atoms with Crippen molar-refractivity contribution in [2.45, 2.75) is 6.42 Å². The fourth-order valence-electron chi connectivity index (χ4n) is 4.03. The second-order valence-corrected chi connectivity index (χ2v) is 8.26. The highest BCUT2D eigenvalue weighted by Gasteiger charge is 2.18. The van der Waals surface area contributed by atoms with Crippen LogP contribution < -0.4 is 9.64 Å². The maximum absolute atomic E-state index is 5.76. The van der Waals surface area contributed by atoms with Gasteiger partial charge in [0.15, 0.2) is 0 Å². The van der Waals surface area contributed by atoms with Crippen LogP contribution >= 0.6 is 0 Å². The van der Waals surface area contributed by atoms with Gasteiger partial charge in [-0.25, -0.2) is 15.0 Å². The molecule has 1 aliphatic rings. The molecule has 0 amide bonds. The van der Waals surface area contributed by atoms with Gasteiger partial charge in [-0.05, 0) is 38.7 Å². The highest BCUT2D eigenvalue weighted by atomic mass is 16.5. The number of hydrogen-bond donors (Lipinski definition) is 0. The fraction of sp³-hybridized carbons (Fsp3) is 0.375. The normalized spacial score (nSPS) is 14.5. The molecule has 8 heteroatoms. The zero-order valence-corrected chi connectivity index (χ0v) is 18.6. The van der Waals surface area contributed by atoms with Crippen molar-refractivity contribution >= 4 is 22.5 Å². The molecule has 0 N–H and O–H groups in total. The van der Waals surface area contributed by atoms with Gasteiger partial charge >= 0.3 is 0 Å². The quantitative estimate of drug-likeness (QED) is 0.416. The topological polar surface area (TPSA) is 68.0 Å². The minimum Gasteiger partial charge on any atom is -0.478 e. The molecule has 1 aromatic carbocycles. The molecule has 1 aliphatic heterocycles. The van der Waals surface area contributed by atoms with Crippen LogP contribution in [0.1, 0.15) is 6.42 Å². The number of aromatic nitrogens is 4. The number of pyridine rings is 1. The Morgan fingerprint density at radius 2 is 1.88 bits per heavy atom. The van der Waals surface area contributed by atoms with E-state index in [0.29, 0.717) is 18.3 Å². The number of morpholine rings is 1. The largest absolute Gasteiger partial charge is 0.478 e. The summed E-state index contributed by atoms with van der Waals surface area (Å²) in [5.74, 6) is 1.34. The molecule has 0 bridgehead atoms. The van der Waals surface area contributed by atoms with Gasteiger partial charge in [-0.1, -0.05) is 6.07 Å².